The highest BCUT2D eigenvalue weighted by Crippen LogP contribution is 2.23. The van der Waals surface area contributed by atoms with Crippen LogP contribution in [-0.4, -0.2) is 37.9 Å². The summed E-state index contributed by atoms with van der Waals surface area (Å²) in [5.41, 5.74) is 0.634. The molecule has 5 nitrogen and oxygen atoms in total. The highest BCUT2D eigenvalue weighted by Gasteiger charge is 2.18. The average molecular weight is 225 g/mol. The quantitative estimate of drug-likeness (QED) is 0.761. The molecule has 0 aliphatic heterocycles. The van der Waals surface area contributed by atoms with Gasteiger partial charge in [0, 0.05) is 7.11 Å². The van der Waals surface area contributed by atoms with Crippen LogP contribution in [0.2, 0.25) is 0 Å². The molecule has 0 spiro atoms. The molecule has 0 bridgehead atoms. The number of methoxy groups -OCH3 is 2. The standard InChI is InChI=1S/C11H15NO4/c1-15-7-9(11(13)14)12-8-5-3-4-6-10(8)16-2/h3-6,9,12H,7H2,1-2H3,(H,13,14). The van der Waals surface area contributed by atoms with Gasteiger partial charge in [-0.1, -0.05) is 12.1 Å². The lowest BCUT2D eigenvalue weighted by atomic mass is 10.2. The van der Waals surface area contributed by atoms with Gasteiger partial charge in [-0.05, 0) is 12.1 Å². The Balaban J connectivity index is 2.80. The number of hydrogen-bond acceptors (Lipinski definition) is 4. The Hall–Kier alpha value is -1.75. The van der Waals surface area contributed by atoms with Crippen molar-refractivity contribution < 1.29 is 19.4 Å². The summed E-state index contributed by atoms with van der Waals surface area (Å²) in [6, 6.07) is 6.34. The van der Waals surface area contributed by atoms with Crippen LogP contribution in [0.5, 0.6) is 5.75 Å². The Kier molecular flexibility index (Phi) is 4.60. The first-order valence-electron chi connectivity index (χ1n) is 4.80. The van der Waals surface area contributed by atoms with E-state index in [2.05, 4.69) is 5.32 Å². The molecule has 1 unspecified atom stereocenters. The number of carbonyl (C=O) groups is 1. The van der Waals surface area contributed by atoms with E-state index in [0.717, 1.165) is 0 Å². The van der Waals surface area contributed by atoms with Crippen molar-refractivity contribution in [2.24, 2.45) is 0 Å². The Labute approximate surface area is 94.0 Å². The fourth-order valence-electron chi connectivity index (χ4n) is 1.29. The Morgan fingerprint density at radius 1 is 1.44 bits per heavy atom. The van der Waals surface area contributed by atoms with Crippen molar-refractivity contribution in [2.75, 3.05) is 26.1 Å². The van der Waals surface area contributed by atoms with E-state index in [1.807, 2.05) is 6.07 Å². The summed E-state index contributed by atoms with van der Waals surface area (Å²) in [4.78, 5) is 10.9. The predicted molar refractivity (Wildman–Crippen MR) is 59.9 cm³/mol. The zero-order chi connectivity index (χ0) is 12.0. The van der Waals surface area contributed by atoms with E-state index < -0.39 is 12.0 Å². The first-order chi connectivity index (χ1) is 7.69. The molecule has 0 amide bonds. The van der Waals surface area contributed by atoms with Gasteiger partial charge in [-0.25, -0.2) is 4.79 Å². The summed E-state index contributed by atoms with van der Waals surface area (Å²) < 4.78 is 9.93. The summed E-state index contributed by atoms with van der Waals surface area (Å²) in [5.74, 6) is -0.363. The number of nitrogens with one attached hydrogen (secondary N) is 1. The van der Waals surface area contributed by atoms with E-state index in [9.17, 15) is 4.79 Å². The van der Waals surface area contributed by atoms with Crippen molar-refractivity contribution in [1.29, 1.82) is 0 Å². The van der Waals surface area contributed by atoms with Gasteiger partial charge >= 0.3 is 5.97 Å². The minimum atomic E-state index is -0.965. The van der Waals surface area contributed by atoms with E-state index in [4.69, 9.17) is 14.6 Å². The molecule has 1 aromatic rings. The maximum atomic E-state index is 10.9. The smallest absolute Gasteiger partial charge is 0.328 e. The van der Waals surface area contributed by atoms with E-state index in [-0.39, 0.29) is 6.61 Å². The Morgan fingerprint density at radius 2 is 2.12 bits per heavy atom. The molecule has 16 heavy (non-hydrogen) atoms. The summed E-state index contributed by atoms with van der Waals surface area (Å²) in [6.07, 6.45) is 0. The van der Waals surface area contributed by atoms with E-state index >= 15 is 0 Å². The molecule has 0 aliphatic carbocycles. The zero-order valence-corrected chi connectivity index (χ0v) is 9.27. The van der Waals surface area contributed by atoms with Gasteiger partial charge in [-0.2, -0.15) is 0 Å². The average Bonchev–Trinajstić information content (AvgIpc) is 2.29. The normalized spacial score (nSPS) is 11.9. The van der Waals surface area contributed by atoms with Crippen molar-refractivity contribution >= 4 is 11.7 Å². The van der Waals surface area contributed by atoms with Gasteiger partial charge < -0.3 is 19.9 Å². The number of rotatable bonds is 6. The van der Waals surface area contributed by atoms with E-state index in [1.54, 1.807) is 18.2 Å². The molecule has 0 fully saturated rings. The number of ether oxygens (including phenoxy) is 2. The highest BCUT2D eigenvalue weighted by atomic mass is 16.5. The molecule has 0 saturated carbocycles. The van der Waals surface area contributed by atoms with Crippen molar-refractivity contribution in [3.63, 3.8) is 0 Å². The van der Waals surface area contributed by atoms with Gasteiger partial charge in [0.25, 0.3) is 0 Å². The minimum absolute atomic E-state index is 0.0907. The third kappa shape index (κ3) is 3.13. The predicted octanol–water partition coefficient (Wildman–Crippen LogP) is 1.21. The summed E-state index contributed by atoms with van der Waals surface area (Å²) in [7, 11) is 2.99. The third-order valence-electron chi connectivity index (χ3n) is 2.07. The number of benzene rings is 1. The number of hydrogen-bond donors (Lipinski definition) is 2. The van der Waals surface area contributed by atoms with Crippen LogP contribution in [0, 0.1) is 0 Å². The van der Waals surface area contributed by atoms with Crippen LogP contribution >= 0.6 is 0 Å². The molecular formula is C11H15NO4. The van der Waals surface area contributed by atoms with Crippen molar-refractivity contribution in [3.05, 3.63) is 24.3 Å². The second-order valence-corrected chi connectivity index (χ2v) is 3.19. The first kappa shape index (κ1) is 12.3. The van der Waals surface area contributed by atoms with Gasteiger partial charge in [0.2, 0.25) is 0 Å². The van der Waals surface area contributed by atoms with E-state index in [0.29, 0.717) is 11.4 Å². The van der Waals surface area contributed by atoms with Crippen molar-refractivity contribution in [3.8, 4) is 5.75 Å². The van der Waals surface area contributed by atoms with Gasteiger partial charge in [0.1, 0.15) is 11.8 Å². The molecule has 0 radical (unpaired) electrons. The number of carboxylic acids is 1. The Bertz CT molecular complexity index is 354. The van der Waals surface area contributed by atoms with Gasteiger partial charge in [-0.3, -0.25) is 0 Å². The summed E-state index contributed by atoms with van der Waals surface area (Å²) >= 11 is 0. The molecule has 1 rings (SSSR count). The lowest BCUT2D eigenvalue weighted by Gasteiger charge is -2.16. The fraction of sp³-hybridized carbons (Fsp3) is 0.364. The monoisotopic (exact) mass is 225 g/mol. The molecule has 0 aromatic heterocycles. The van der Waals surface area contributed by atoms with Crippen molar-refractivity contribution in [2.45, 2.75) is 6.04 Å². The van der Waals surface area contributed by atoms with Crippen LogP contribution < -0.4 is 10.1 Å². The molecule has 0 heterocycles. The maximum absolute atomic E-state index is 10.9. The van der Waals surface area contributed by atoms with Gasteiger partial charge in [0.15, 0.2) is 0 Å². The second kappa shape index (κ2) is 5.97. The molecule has 1 atom stereocenters. The topological polar surface area (TPSA) is 67.8 Å². The van der Waals surface area contributed by atoms with Crippen LogP contribution in [0.4, 0.5) is 5.69 Å². The number of carboxylic acid groups (broad SMARTS) is 1. The van der Waals surface area contributed by atoms with Gasteiger partial charge in [0.05, 0.1) is 19.4 Å². The molecule has 88 valence electrons. The van der Waals surface area contributed by atoms with Crippen LogP contribution in [-0.2, 0) is 9.53 Å². The molecule has 1 aromatic carbocycles. The van der Waals surface area contributed by atoms with Crippen LogP contribution in [0.15, 0.2) is 24.3 Å². The molecule has 0 saturated heterocycles. The van der Waals surface area contributed by atoms with Crippen LogP contribution in [0.25, 0.3) is 0 Å². The summed E-state index contributed by atoms with van der Waals surface area (Å²) in [5, 5.41) is 11.8. The highest BCUT2D eigenvalue weighted by molar-refractivity contribution is 5.78. The summed E-state index contributed by atoms with van der Waals surface area (Å²) in [6.45, 7) is 0.0907. The lowest BCUT2D eigenvalue weighted by molar-refractivity contribution is -0.139. The van der Waals surface area contributed by atoms with Crippen LogP contribution in [0.3, 0.4) is 0 Å². The first-order valence-corrected chi connectivity index (χ1v) is 4.80. The number of aliphatic carboxylic acids is 1. The zero-order valence-electron chi connectivity index (χ0n) is 9.27. The largest absolute Gasteiger partial charge is 0.495 e. The number of para-hydroxylation sites is 2. The molecule has 2 N–H and O–H groups in total. The van der Waals surface area contributed by atoms with E-state index in [1.165, 1.54) is 14.2 Å². The SMILES string of the molecule is COCC(Nc1ccccc1OC)C(=O)O. The van der Waals surface area contributed by atoms with Crippen LogP contribution in [0.1, 0.15) is 0 Å². The second-order valence-electron chi connectivity index (χ2n) is 3.19. The van der Waals surface area contributed by atoms with Gasteiger partial charge in [-0.15, -0.1) is 0 Å². The Morgan fingerprint density at radius 3 is 2.69 bits per heavy atom. The lowest BCUT2D eigenvalue weighted by Crippen LogP contribution is -2.33. The number of anilines is 1. The third-order valence-corrected chi connectivity index (χ3v) is 2.07. The van der Waals surface area contributed by atoms with Crippen molar-refractivity contribution in [1.82, 2.24) is 0 Å². The molecule has 5 heteroatoms. The molecular weight excluding hydrogens is 210 g/mol. The fourth-order valence-corrected chi connectivity index (χ4v) is 1.29. The minimum Gasteiger partial charge on any atom is -0.495 e. The maximum Gasteiger partial charge on any atom is 0.328 e. The molecule has 0 aliphatic rings.